The number of benzene rings is 2. The minimum atomic E-state index is -3.85. The number of amides is 1. The highest BCUT2D eigenvalue weighted by atomic mass is 32.2. The number of sulfonamides is 1. The summed E-state index contributed by atoms with van der Waals surface area (Å²) in [5, 5.41) is 2.74. The van der Waals surface area contributed by atoms with Gasteiger partial charge in [0.05, 0.1) is 16.4 Å². The number of nitrogens with one attached hydrogen (secondary N) is 2. The molecule has 1 aliphatic heterocycles. The first-order valence-corrected chi connectivity index (χ1v) is 13.8. The Kier molecular flexibility index (Phi) is 6.68. The summed E-state index contributed by atoms with van der Waals surface area (Å²) >= 11 is 0. The fraction of sp³-hybridized carbons (Fsp3) is 0.261. The summed E-state index contributed by atoms with van der Waals surface area (Å²) < 4.78 is 56.3. The molecule has 2 heterocycles. The van der Waals surface area contributed by atoms with Crippen molar-refractivity contribution in [1.29, 1.82) is 0 Å². The van der Waals surface area contributed by atoms with E-state index < -0.39 is 25.9 Å². The maximum absolute atomic E-state index is 12.5. The van der Waals surface area contributed by atoms with Crippen molar-refractivity contribution in [2.24, 2.45) is 0 Å². The predicted molar refractivity (Wildman–Crippen MR) is 125 cm³/mol. The first-order chi connectivity index (χ1) is 15.7. The molecular formula is C23H24N2O6S2. The zero-order valence-corrected chi connectivity index (χ0v) is 19.4. The van der Waals surface area contributed by atoms with Crippen LogP contribution in [0.25, 0.3) is 11.3 Å². The lowest BCUT2D eigenvalue weighted by molar-refractivity contribution is -0.116. The van der Waals surface area contributed by atoms with Gasteiger partial charge in [0.25, 0.3) is 0 Å². The number of carbonyl (C=O) groups is 1. The zero-order valence-electron chi connectivity index (χ0n) is 17.7. The summed E-state index contributed by atoms with van der Waals surface area (Å²) in [6, 6.07) is 18.5. The van der Waals surface area contributed by atoms with Gasteiger partial charge in [-0.05, 0) is 42.8 Å². The SMILES string of the molecule is O=C(CCc1ccc(-c2ccccc2)o1)Nc1ccc(S(=O)(=O)N[C@H]2CCS(=O)(=O)C2)cc1. The van der Waals surface area contributed by atoms with Gasteiger partial charge in [-0.15, -0.1) is 0 Å². The second-order valence-corrected chi connectivity index (χ2v) is 11.9. The van der Waals surface area contributed by atoms with Gasteiger partial charge < -0.3 is 9.73 Å². The summed E-state index contributed by atoms with van der Waals surface area (Å²) in [6.07, 6.45) is 0.900. The molecule has 33 heavy (non-hydrogen) atoms. The van der Waals surface area contributed by atoms with Crippen molar-refractivity contribution in [3.05, 3.63) is 72.5 Å². The van der Waals surface area contributed by atoms with E-state index in [-0.39, 0.29) is 35.2 Å². The molecule has 2 N–H and O–H groups in total. The van der Waals surface area contributed by atoms with Crippen molar-refractivity contribution >= 4 is 31.5 Å². The van der Waals surface area contributed by atoms with E-state index in [9.17, 15) is 21.6 Å². The number of hydrogen-bond donors (Lipinski definition) is 2. The first-order valence-electron chi connectivity index (χ1n) is 10.5. The third-order valence-corrected chi connectivity index (χ3v) is 8.63. The van der Waals surface area contributed by atoms with Crippen LogP contribution in [-0.2, 0) is 31.1 Å². The fourth-order valence-corrected chi connectivity index (χ4v) is 6.67. The van der Waals surface area contributed by atoms with E-state index in [0.717, 1.165) is 11.3 Å². The Morgan fingerprint density at radius 2 is 1.73 bits per heavy atom. The summed E-state index contributed by atoms with van der Waals surface area (Å²) in [5.74, 6) is 1.01. The Bertz CT molecular complexity index is 1330. The lowest BCUT2D eigenvalue weighted by Gasteiger charge is -2.12. The van der Waals surface area contributed by atoms with E-state index in [4.69, 9.17) is 4.42 Å². The molecule has 0 spiro atoms. The van der Waals surface area contributed by atoms with Crippen molar-refractivity contribution in [3.8, 4) is 11.3 Å². The Hall–Kier alpha value is -2.95. The lowest BCUT2D eigenvalue weighted by atomic mass is 10.2. The van der Waals surface area contributed by atoms with Crippen LogP contribution in [0.4, 0.5) is 5.69 Å². The topological polar surface area (TPSA) is 123 Å². The zero-order chi connectivity index (χ0) is 23.5. The normalized spacial score (nSPS) is 17.6. The average Bonchev–Trinajstić information content (AvgIpc) is 3.39. The van der Waals surface area contributed by atoms with E-state index >= 15 is 0 Å². The molecular weight excluding hydrogens is 464 g/mol. The molecule has 0 radical (unpaired) electrons. The minimum Gasteiger partial charge on any atom is -0.461 e. The highest BCUT2D eigenvalue weighted by Crippen LogP contribution is 2.23. The minimum absolute atomic E-state index is 0.00817. The van der Waals surface area contributed by atoms with Crippen molar-refractivity contribution in [1.82, 2.24) is 4.72 Å². The third-order valence-electron chi connectivity index (χ3n) is 5.32. The van der Waals surface area contributed by atoms with Gasteiger partial charge in [-0.25, -0.2) is 21.6 Å². The van der Waals surface area contributed by atoms with Gasteiger partial charge in [0.1, 0.15) is 11.5 Å². The molecule has 1 saturated heterocycles. The largest absolute Gasteiger partial charge is 0.461 e. The molecule has 1 fully saturated rings. The first kappa shape index (κ1) is 23.2. The Morgan fingerprint density at radius 1 is 1.00 bits per heavy atom. The monoisotopic (exact) mass is 488 g/mol. The lowest BCUT2D eigenvalue weighted by Crippen LogP contribution is -2.35. The Balaban J connectivity index is 1.30. The number of furan rings is 1. The fourth-order valence-electron chi connectivity index (χ4n) is 3.62. The van der Waals surface area contributed by atoms with Crippen LogP contribution in [0.2, 0.25) is 0 Å². The predicted octanol–water partition coefficient (Wildman–Crippen LogP) is 2.98. The highest BCUT2D eigenvalue weighted by molar-refractivity contribution is 7.92. The van der Waals surface area contributed by atoms with Crippen LogP contribution in [0.5, 0.6) is 0 Å². The van der Waals surface area contributed by atoms with E-state index in [1.54, 1.807) is 0 Å². The molecule has 2 aromatic carbocycles. The summed E-state index contributed by atoms with van der Waals surface area (Å²) in [6.45, 7) is 0. The van der Waals surface area contributed by atoms with Crippen molar-refractivity contribution in [2.45, 2.75) is 30.2 Å². The molecule has 8 nitrogen and oxygen atoms in total. The van der Waals surface area contributed by atoms with Gasteiger partial charge in [-0.2, -0.15) is 0 Å². The number of rotatable bonds is 8. The van der Waals surface area contributed by atoms with Crippen molar-refractivity contribution < 1.29 is 26.0 Å². The molecule has 1 aromatic heterocycles. The van der Waals surface area contributed by atoms with E-state index in [2.05, 4.69) is 10.0 Å². The second-order valence-electron chi connectivity index (χ2n) is 7.93. The van der Waals surface area contributed by atoms with Crippen LogP contribution >= 0.6 is 0 Å². The molecule has 0 saturated carbocycles. The van der Waals surface area contributed by atoms with E-state index in [1.807, 2.05) is 42.5 Å². The van der Waals surface area contributed by atoms with Crippen LogP contribution in [-0.4, -0.2) is 40.3 Å². The van der Waals surface area contributed by atoms with Crippen LogP contribution in [0.1, 0.15) is 18.6 Å². The molecule has 3 aromatic rings. The molecule has 0 aliphatic carbocycles. The van der Waals surface area contributed by atoms with Gasteiger partial charge in [0, 0.05) is 30.1 Å². The van der Waals surface area contributed by atoms with E-state index in [1.165, 1.54) is 24.3 Å². The smallest absolute Gasteiger partial charge is 0.240 e. The maximum atomic E-state index is 12.5. The average molecular weight is 489 g/mol. The van der Waals surface area contributed by atoms with Gasteiger partial charge in [0.2, 0.25) is 15.9 Å². The van der Waals surface area contributed by atoms with Gasteiger partial charge >= 0.3 is 0 Å². The number of sulfone groups is 1. The number of carbonyl (C=O) groups excluding carboxylic acids is 1. The summed E-state index contributed by atoms with van der Waals surface area (Å²) in [4.78, 5) is 12.3. The van der Waals surface area contributed by atoms with Crippen LogP contribution < -0.4 is 10.0 Å². The van der Waals surface area contributed by atoms with Crippen LogP contribution in [0, 0.1) is 0 Å². The van der Waals surface area contributed by atoms with Crippen molar-refractivity contribution in [2.75, 3.05) is 16.8 Å². The second kappa shape index (κ2) is 9.50. The third kappa shape index (κ3) is 6.10. The molecule has 4 rings (SSSR count). The number of anilines is 1. The molecule has 0 unspecified atom stereocenters. The Morgan fingerprint density at radius 3 is 2.39 bits per heavy atom. The van der Waals surface area contributed by atoms with E-state index in [0.29, 0.717) is 17.9 Å². The molecule has 10 heteroatoms. The molecule has 174 valence electrons. The van der Waals surface area contributed by atoms with Crippen LogP contribution in [0.15, 0.2) is 76.0 Å². The number of aryl methyl sites for hydroxylation is 1. The summed E-state index contributed by atoms with van der Waals surface area (Å²) in [5.41, 5.74) is 1.43. The number of hydrogen-bond acceptors (Lipinski definition) is 6. The molecule has 0 bridgehead atoms. The Labute approximate surface area is 193 Å². The summed E-state index contributed by atoms with van der Waals surface area (Å²) in [7, 11) is -7.04. The van der Waals surface area contributed by atoms with Crippen molar-refractivity contribution in [3.63, 3.8) is 0 Å². The molecule has 1 atom stereocenters. The van der Waals surface area contributed by atoms with Gasteiger partial charge in [-0.1, -0.05) is 30.3 Å². The van der Waals surface area contributed by atoms with Gasteiger partial charge in [0.15, 0.2) is 9.84 Å². The van der Waals surface area contributed by atoms with Gasteiger partial charge in [-0.3, -0.25) is 4.79 Å². The maximum Gasteiger partial charge on any atom is 0.240 e. The highest BCUT2D eigenvalue weighted by Gasteiger charge is 2.31. The molecule has 1 amide bonds. The van der Waals surface area contributed by atoms with Crippen LogP contribution in [0.3, 0.4) is 0 Å². The molecule has 1 aliphatic rings. The standard InChI is InChI=1S/C23H24N2O6S2/c26-23(13-9-20-8-12-22(31-20)17-4-2-1-3-5-17)24-18-6-10-21(11-7-18)33(29,30)25-19-14-15-32(27,28)16-19/h1-8,10-12,19,25H,9,13-16H2,(H,24,26)/t19-/m0/s1. The quantitative estimate of drug-likeness (QED) is 0.503.